The zero-order valence-electron chi connectivity index (χ0n) is 9.21. The number of oxazole rings is 1. The molecule has 0 aliphatic heterocycles. The number of aromatic nitrogens is 1. The highest BCUT2D eigenvalue weighted by molar-refractivity contribution is 5.54. The van der Waals surface area contributed by atoms with Crippen LogP contribution < -0.4 is 5.32 Å². The van der Waals surface area contributed by atoms with Gasteiger partial charge in [0.05, 0.1) is 17.7 Å². The van der Waals surface area contributed by atoms with E-state index in [1.54, 1.807) is 25.3 Å². The van der Waals surface area contributed by atoms with Gasteiger partial charge in [-0.25, -0.2) is 4.98 Å². The van der Waals surface area contributed by atoms with Crippen molar-refractivity contribution in [1.82, 2.24) is 4.98 Å². The van der Waals surface area contributed by atoms with E-state index in [9.17, 15) is 10.1 Å². The third kappa shape index (κ3) is 2.60. The minimum atomic E-state index is -0.394. The van der Waals surface area contributed by atoms with Gasteiger partial charge in [0.25, 0.3) is 5.69 Å². The van der Waals surface area contributed by atoms with Gasteiger partial charge in [-0.1, -0.05) is 6.07 Å². The second-order valence-corrected chi connectivity index (χ2v) is 3.58. The Kier molecular flexibility index (Phi) is 3.04. The Hall–Kier alpha value is -2.37. The molecule has 0 bridgehead atoms. The predicted octanol–water partition coefficient (Wildman–Crippen LogP) is 2.50. The van der Waals surface area contributed by atoms with E-state index < -0.39 is 4.92 Å². The van der Waals surface area contributed by atoms with Crippen molar-refractivity contribution in [3.8, 4) is 0 Å². The summed E-state index contributed by atoms with van der Waals surface area (Å²) in [5.74, 6) is 0.674. The Balaban J connectivity index is 2.11. The molecule has 1 aromatic heterocycles. The number of aryl methyl sites for hydroxylation is 1. The Morgan fingerprint density at radius 2 is 2.35 bits per heavy atom. The lowest BCUT2D eigenvalue weighted by Crippen LogP contribution is -1.99. The monoisotopic (exact) mass is 233 g/mol. The van der Waals surface area contributed by atoms with Crippen LogP contribution in [0, 0.1) is 17.0 Å². The van der Waals surface area contributed by atoms with E-state index in [2.05, 4.69) is 10.3 Å². The van der Waals surface area contributed by atoms with Crippen LogP contribution in [0.25, 0.3) is 0 Å². The van der Waals surface area contributed by atoms with Gasteiger partial charge in [-0.2, -0.15) is 0 Å². The summed E-state index contributed by atoms with van der Waals surface area (Å²) < 4.78 is 5.05. The molecule has 0 aliphatic carbocycles. The van der Waals surface area contributed by atoms with E-state index in [4.69, 9.17) is 4.42 Å². The van der Waals surface area contributed by atoms with Crippen LogP contribution >= 0.6 is 0 Å². The van der Waals surface area contributed by atoms with Crippen molar-refractivity contribution in [2.24, 2.45) is 0 Å². The third-order valence-corrected chi connectivity index (χ3v) is 2.36. The SMILES string of the molecule is Cc1ccc(NCc2cnco2)cc1[N+](=O)[O-]. The van der Waals surface area contributed by atoms with Crippen LogP contribution in [-0.4, -0.2) is 9.91 Å². The van der Waals surface area contributed by atoms with Crippen molar-refractivity contribution in [1.29, 1.82) is 0 Å². The minimum Gasteiger partial charge on any atom is -0.447 e. The van der Waals surface area contributed by atoms with Crippen LogP contribution in [0.2, 0.25) is 0 Å². The number of nitrogens with one attached hydrogen (secondary N) is 1. The summed E-state index contributed by atoms with van der Waals surface area (Å²) in [6.07, 6.45) is 2.93. The summed E-state index contributed by atoms with van der Waals surface area (Å²) in [6, 6.07) is 5.01. The molecule has 6 heteroatoms. The van der Waals surface area contributed by atoms with Crippen molar-refractivity contribution in [2.75, 3.05) is 5.32 Å². The van der Waals surface area contributed by atoms with E-state index in [-0.39, 0.29) is 5.69 Å². The molecule has 1 aromatic carbocycles. The van der Waals surface area contributed by atoms with Gasteiger partial charge < -0.3 is 9.73 Å². The maximum absolute atomic E-state index is 10.8. The quantitative estimate of drug-likeness (QED) is 0.648. The van der Waals surface area contributed by atoms with Crippen LogP contribution in [-0.2, 0) is 6.54 Å². The number of nitrogens with zero attached hydrogens (tertiary/aromatic N) is 2. The molecule has 0 aliphatic rings. The molecule has 0 radical (unpaired) electrons. The smallest absolute Gasteiger partial charge is 0.274 e. The first-order chi connectivity index (χ1) is 8.16. The second kappa shape index (κ2) is 4.65. The van der Waals surface area contributed by atoms with E-state index in [1.165, 1.54) is 12.5 Å². The summed E-state index contributed by atoms with van der Waals surface area (Å²) in [5, 5.41) is 13.8. The summed E-state index contributed by atoms with van der Waals surface area (Å²) in [5.41, 5.74) is 1.42. The van der Waals surface area contributed by atoms with Gasteiger partial charge in [-0.15, -0.1) is 0 Å². The van der Waals surface area contributed by atoms with Gasteiger partial charge in [0.2, 0.25) is 0 Å². The highest BCUT2D eigenvalue weighted by Gasteiger charge is 2.10. The van der Waals surface area contributed by atoms with Gasteiger partial charge in [-0.3, -0.25) is 10.1 Å². The number of anilines is 1. The molecule has 0 spiro atoms. The van der Waals surface area contributed by atoms with Crippen LogP contribution in [0.4, 0.5) is 11.4 Å². The standard InChI is InChI=1S/C11H11N3O3/c1-8-2-3-9(4-11(8)14(15)16)13-6-10-5-12-7-17-10/h2-5,7,13H,6H2,1H3. The van der Waals surface area contributed by atoms with Gasteiger partial charge >= 0.3 is 0 Å². The molecular formula is C11H11N3O3. The fourth-order valence-corrected chi connectivity index (χ4v) is 1.43. The maximum atomic E-state index is 10.8. The number of hydrogen-bond donors (Lipinski definition) is 1. The van der Waals surface area contributed by atoms with Crippen molar-refractivity contribution in [2.45, 2.75) is 13.5 Å². The Morgan fingerprint density at radius 1 is 1.53 bits per heavy atom. The van der Waals surface area contributed by atoms with Gasteiger partial charge in [0.15, 0.2) is 6.39 Å². The first-order valence-electron chi connectivity index (χ1n) is 5.03. The molecule has 0 atom stereocenters. The lowest BCUT2D eigenvalue weighted by atomic mass is 10.2. The molecule has 2 rings (SSSR count). The van der Waals surface area contributed by atoms with Crippen LogP contribution in [0.3, 0.4) is 0 Å². The average molecular weight is 233 g/mol. The van der Waals surface area contributed by atoms with Gasteiger partial charge in [0, 0.05) is 17.3 Å². The lowest BCUT2D eigenvalue weighted by molar-refractivity contribution is -0.385. The van der Waals surface area contributed by atoms with E-state index in [0.29, 0.717) is 23.6 Å². The maximum Gasteiger partial charge on any atom is 0.274 e. The number of nitro groups is 1. The largest absolute Gasteiger partial charge is 0.447 e. The van der Waals surface area contributed by atoms with Gasteiger partial charge in [-0.05, 0) is 13.0 Å². The molecule has 1 heterocycles. The molecule has 6 nitrogen and oxygen atoms in total. The number of rotatable bonds is 4. The Bertz CT molecular complexity index is 523. The fraction of sp³-hybridized carbons (Fsp3) is 0.182. The number of hydrogen-bond acceptors (Lipinski definition) is 5. The highest BCUT2D eigenvalue weighted by atomic mass is 16.6. The molecule has 88 valence electrons. The van der Waals surface area contributed by atoms with E-state index >= 15 is 0 Å². The predicted molar refractivity (Wildman–Crippen MR) is 61.7 cm³/mol. The van der Waals surface area contributed by atoms with Crippen molar-refractivity contribution in [3.63, 3.8) is 0 Å². The molecule has 1 N–H and O–H groups in total. The Morgan fingerprint density at radius 3 is 3.00 bits per heavy atom. The molecule has 0 amide bonds. The van der Waals surface area contributed by atoms with Crippen molar-refractivity contribution < 1.29 is 9.34 Å². The van der Waals surface area contributed by atoms with Gasteiger partial charge in [0.1, 0.15) is 5.76 Å². The number of nitro benzene ring substituents is 1. The van der Waals surface area contributed by atoms with Crippen molar-refractivity contribution in [3.05, 3.63) is 52.2 Å². The molecule has 17 heavy (non-hydrogen) atoms. The summed E-state index contributed by atoms with van der Waals surface area (Å²) >= 11 is 0. The zero-order chi connectivity index (χ0) is 12.3. The van der Waals surface area contributed by atoms with E-state index in [1.807, 2.05) is 0 Å². The molecular weight excluding hydrogens is 222 g/mol. The third-order valence-electron chi connectivity index (χ3n) is 2.36. The normalized spacial score (nSPS) is 10.2. The van der Waals surface area contributed by atoms with E-state index in [0.717, 1.165) is 0 Å². The van der Waals surface area contributed by atoms with Crippen LogP contribution in [0.15, 0.2) is 35.2 Å². The molecule has 0 unspecified atom stereocenters. The fourth-order valence-electron chi connectivity index (χ4n) is 1.43. The molecule has 0 saturated heterocycles. The summed E-state index contributed by atoms with van der Waals surface area (Å²) in [7, 11) is 0. The lowest BCUT2D eigenvalue weighted by Gasteiger charge is -2.05. The number of benzene rings is 1. The topological polar surface area (TPSA) is 81.2 Å². The highest BCUT2D eigenvalue weighted by Crippen LogP contribution is 2.22. The first-order valence-corrected chi connectivity index (χ1v) is 5.03. The van der Waals surface area contributed by atoms with Crippen LogP contribution in [0.1, 0.15) is 11.3 Å². The zero-order valence-corrected chi connectivity index (χ0v) is 9.21. The average Bonchev–Trinajstić information content (AvgIpc) is 2.80. The Labute approximate surface area is 97.4 Å². The molecule has 2 aromatic rings. The van der Waals surface area contributed by atoms with Crippen LogP contribution in [0.5, 0.6) is 0 Å². The summed E-state index contributed by atoms with van der Waals surface area (Å²) in [6.45, 7) is 2.15. The molecule has 0 fully saturated rings. The minimum absolute atomic E-state index is 0.104. The second-order valence-electron chi connectivity index (χ2n) is 3.58. The first kappa shape index (κ1) is 11.1. The summed E-state index contributed by atoms with van der Waals surface area (Å²) in [4.78, 5) is 14.1. The van der Waals surface area contributed by atoms with Crippen molar-refractivity contribution >= 4 is 11.4 Å². The molecule has 0 saturated carbocycles.